The summed E-state index contributed by atoms with van der Waals surface area (Å²) < 4.78 is 5.35. The van der Waals surface area contributed by atoms with Crippen molar-refractivity contribution in [1.82, 2.24) is 4.90 Å². The van der Waals surface area contributed by atoms with Crippen molar-refractivity contribution >= 4 is 0 Å². The molecule has 0 amide bonds. The lowest BCUT2D eigenvalue weighted by Crippen LogP contribution is -2.46. The highest BCUT2D eigenvalue weighted by molar-refractivity contribution is 4.88. The molecular formula is C12H27NO2. The molecule has 2 heterocycles. The molecule has 2 aliphatic rings. The molecule has 2 rings (SSSR count). The van der Waals surface area contributed by atoms with Crippen LogP contribution in [0.15, 0.2) is 0 Å². The van der Waals surface area contributed by atoms with Crippen LogP contribution in [-0.4, -0.2) is 48.5 Å². The fourth-order valence-corrected chi connectivity index (χ4v) is 2.14. The van der Waals surface area contributed by atoms with E-state index in [1.807, 2.05) is 27.7 Å². The largest absolute Gasteiger partial charge is 0.395 e. The first-order valence-electron chi connectivity index (χ1n) is 6.36. The number of hydrogen-bond acceptors (Lipinski definition) is 3. The van der Waals surface area contributed by atoms with Gasteiger partial charge in [0, 0.05) is 18.6 Å². The first kappa shape index (κ1) is 14.9. The maximum Gasteiger partial charge on any atom is 0.0622 e. The van der Waals surface area contributed by atoms with E-state index in [0.29, 0.717) is 18.7 Å². The predicted molar refractivity (Wildman–Crippen MR) is 64.1 cm³/mol. The summed E-state index contributed by atoms with van der Waals surface area (Å²) in [5.74, 6) is 0. The van der Waals surface area contributed by atoms with Crippen molar-refractivity contribution in [3.05, 3.63) is 0 Å². The van der Waals surface area contributed by atoms with E-state index in [0.717, 1.165) is 26.2 Å². The molecule has 2 fully saturated rings. The number of morpholine rings is 1. The van der Waals surface area contributed by atoms with Gasteiger partial charge in [-0.05, 0) is 12.8 Å². The van der Waals surface area contributed by atoms with Gasteiger partial charge in [0.05, 0.1) is 19.8 Å². The van der Waals surface area contributed by atoms with Crippen LogP contribution >= 0.6 is 0 Å². The lowest BCUT2D eigenvalue weighted by atomic mass is 10.2. The van der Waals surface area contributed by atoms with Gasteiger partial charge in [-0.3, -0.25) is 4.90 Å². The Morgan fingerprint density at radius 3 is 2.47 bits per heavy atom. The lowest BCUT2D eigenvalue weighted by molar-refractivity contribution is -0.0114. The van der Waals surface area contributed by atoms with Crippen molar-refractivity contribution in [3.8, 4) is 0 Å². The molecular weight excluding hydrogens is 190 g/mol. The van der Waals surface area contributed by atoms with Crippen LogP contribution in [0.4, 0.5) is 0 Å². The van der Waals surface area contributed by atoms with E-state index in [1.165, 1.54) is 6.42 Å². The molecule has 1 unspecified atom stereocenters. The Balaban J connectivity index is 0.000000442. The van der Waals surface area contributed by atoms with Gasteiger partial charge in [-0.1, -0.05) is 27.7 Å². The predicted octanol–water partition coefficient (Wildman–Crippen LogP) is 1.89. The second-order valence-electron chi connectivity index (χ2n) is 3.38. The van der Waals surface area contributed by atoms with Gasteiger partial charge in [-0.25, -0.2) is 0 Å². The molecule has 3 heteroatoms. The minimum absolute atomic E-state index is 0.316. The summed E-state index contributed by atoms with van der Waals surface area (Å²) in [7, 11) is 0. The van der Waals surface area contributed by atoms with Crippen molar-refractivity contribution < 1.29 is 9.84 Å². The summed E-state index contributed by atoms with van der Waals surface area (Å²) in [6.07, 6.45) is 2.34. The second-order valence-corrected chi connectivity index (χ2v) is 3.38. The number of hydrogen-bond donors (Lipinski definition) is 1. The van der Waals surface area contributed by atoms with Crippen LogP contribution in [0.5, 0.6) is 0 Å². The number of aliphatic hydroxyl groups excluding tert-OH is 1. The Morgan fingerprint density at radius 2 is 1.87 bits per heavy atom. The van der Waals surface area contributed by atoms with Crippen LogP contribution < -0.4 is 0 Å². The van der Waals surface area contributed by atoms with E-state index in [-0.39, 0.29) is 0 Å². The van der Waals surface area contributed by atoms with Crippen molar-refractivity contribution in [3.63, 3.8) is 0 Å². The summed E-state index contributed by atoms with van der Waals surface area (Å²) in [5, 5.41) is 9.02. The van der Waals surface area contributed by atoms with Crippen LogP contribution in [-0.2, 0) is 4.74 Å². The van der Waals surface area contributed by atoms with Gasteiger partial charge in [0.15, 0.2) is 0 Å². The highest BCUT2D eigenvalue weighted by Gasteiger charge is 2.34. The fraction of sp³-hybridized carbons (Fsp3) is 1.00. The van der Waals surface area contributed by atoms with Crippen LogP contribution in [0, 0.1) is 0 Å². The van der Waals surface area contributed by atoms with Crippen LogP contribution in [0.25, 0.3) is 0 Å². The van der Waals surface area contributed by atoms with E-state index in [9.17, 15) is 0 Å². The lowest BCUT2D eigenvalue weighted by Gasteiger charge is -2.32. The van der Waals surface area contributed by atoms with E-state index in [4.69, 9.17) is 9.84 Å². The van der Waals surface area contributed by atoms with Crippen molar-refractivity contribution in [2.45, 2.75) is 52.6 Å². The molecule has 2 atom stereocenters. The average Bonchev–Trinajstić information content (AvgIpc) is 2.77. The number of rotatable bonds is 1. The van der Waals surface area contributed by atoms with Gasteiger partial charge in [0.25, 0.3) is 0 Å². The number of aliphatic hydroxyl groups is 1. The quantitative estimate of drug-likeness (QED) is 0.728. The number of fused-ring (bicyclic) bond motifs is 1. The van der Waals surface area contributed by atoms with Crippen molar-refractivity contribution in [1.29, 1.82) is 0 Å². The smallest absolute Gasteiger partial charge is 0.0622 e. The molecule has 0 aliphatic carbocycles. The Hall–Kier alpha value is -0.120. The topological polar surface area (TPSA) is 32.7 Å². The molecule has 0 aromatic carbocycles. The first-order valence-corrected chi connectivity index (χ1v) is 6.36. The van der Waals surface area contributed by atoms with Crippen LogP contribution in [0.1, 0.15) is 40.5 Å². The molecule has 0 aromatic heterocycles. The molecule has 2 aliphatic heterocycles. The van der Waals surface area contributed by atoms with E-state index < -0.39 is 0 Å². The Morgan fingerprint density at radius 1 is 1.20 bits per heavy atom. The van der Waals surface area contributed by atoms with Crippen molar-refractivity contribution in [2.24, 2.45) is 0 Å². The van der Waals surface area contributed by atoms with Crippen molar-refractivity contribution in [2.75, 3.05) is 26.4 Å². The molecule has 92 valence electrons. The number of ether oxygens (including phenoxy) is 1. The van der Waals surface area contributed by atoms with E-state index >= 15 is 0 Å². The third kappa shape index (κ3) is 4.09. The standard InChI is InChI=1S/C8H15NO2.2C2H6/c10-5-7-1-2-8-6-11-4-3-9(7)8;2*1-2/h7-8,10H,1-6H2;2*1-2H3/t7-,8?;;/m1../s1. The minimum atomic E-state index is 0.316. The first-order chi connectivity index (χ1) is 7.42. The Bertz CT molecular complexity index is 136. The van der Waals surface area contributed by atoms with Gasteiger partial charge in [0.2, 0.25) is 0 Å². The van der Waals surface area contributed by atoms with Gasteiger partial charge in [0.1, 0.15) is 0 Å². The average molecular weight is 217 g/mol. The maximum absolute atomic E-state index is 9.02. The number of nitrogens with zero attached hydrogens (tertiary/aromatic N) is 1. The summed E-state index contributed by atoms with van der Waals surface area (Å²) in [5.41, 5.74) is 0. The van der Waals surface area contributed by atoms with Gasteiger partial charge in [-0.15, -0.1) is 0 Å². The molecule has 3 nitrogen and oxygen atoms in total. The minimum Gasteiger partial charge on any atom is -0.395 e. The normalized spacial score (nSPS) is 29.4. The molecule has 0 saturated carbocycles. The molecule has 0 bridgehead atoms. The fourth-order valence-electron chi connectivity index (χ4n) is 2.14. The molecule has 2 saturated heterocycles. The highest BCUT2D eigenvalue weighted by Crippen LogP contribution is 2.25. The summed E-state index contributed by atoms with van der Waals surface area (Å²) >= 11 is 0. The molecule has 0 aromatic rings. The Labute approximate surface area is 94.4 Å². The van der Waals surface area contributed by atoms with E-state index in [2.05, 4.69) is 4.90 Å². The van der Waals surface area contributed by atoms with Crippen LogP contribution in [0.2, 0.25) is 0 Å². The third-order valence-electron chi connectivity index (χ3n) is 2.79. The summed E-state index contributed by atoms with van der Waals surface area (Å²) in [6, 6.07) is 1.02. The zero-order valence-electron chi connectivity index (χ0n) is 10.7. The van der Waals surface area contributed by atoms with E-state index in [1.54, 1.807) is 0 Å². The second kappa shape index (κ2) is 9.13. The zero-order valence-corrected chi connectivity index (χ0v) is 10.7. The zero-order chi connectivity index (χ0) is 11.7. The maximum atomic E-state index is 9.02. The Kier molecular flexibility index (Phi) is 9.06. The molecule has 15 heavy (non-hydrogen) atoms. The summed E-state index contributed by atoms with van der Waals surface area (Å²) in [4.78, 5) is 2.39. The highest BCUT2D eigenvalue weighted by atomic mass is 16.5. The van der Waals surface area contributed by atoms with Gasteiger partial charge in [-0.2, -0.15) is 0 Å². The SMILES string of the molecule is CC.CC.OC[C@H]1CCC2COCCN21. The monoisotopic (exact) mass is 217 g/mol. The van der Waals surface area contributed by atoms with Gasteiger partial charge < -0.3 is 9.84 Å². The third-order valence-corrected chi connectivity index (χ3v) is 2.79. The van der Waals surface area contributed by atoms with Gasteiger partial charge >= 0.3 is 0 Å². The molecule has 0 spiro atoms. The molecule has 0 radical (unpaired) electrons. The van der Waals surface area contributed by atoms with Crippen LogP contribution in [0.3, 0.4) is 0 Å². The summed E-state index contributed by atoms with van der Waals surface area (Å²) in [6.45, 7) is 11.0. The molecule has 1 N–H and O–H groups in total.